The fraction of sp³-hybridized carbons (Fsp3) is 0.0286. The van der Waals surface area contributed by atoms with Crippen LogP contribution in [-0.4, -0.2) is 44.4 Å². The van der Waals surface area contributed by atoms with E-state index in [9.17, 15) is 0 Å². The minimum Gasteiger partial charge on any atom is -0.264 e. The number of benzene rings is 12. The average molecular weight is 1550 g/mol. The van der Waals surface area contributed by atoms with Gasteiger partial charge >= 0.3 is 225 Å². The van der Waals surface area contributed by atoms with Crippen molar-refractivity contribution in [2.24, 2.45) is 0 Å². The quantitative estimate of drug-likeness (QED) is 0.101. The Kier molecular flexibility index (Phi) is 15.3. The molecular formula is C105H73GeN6Si2+3. The monoisotopic (exact) mass is 1550 g/mol. The molecule has 6 nitrogen and oxygen atoms in total. The molecule has 7 aliphatic rings. The molecular weight excluding hydrogens is 1470 g/mol. The van der Waals surface area contributed by atoms with E-state index in [4.69, 9.17) is 15.0 Å². The molecule has 0 N–H and O–H groups in total. The Balaban J connectivity index is 0.000000101. The van der Waals surface area contributed by atoms with Gasteiger partial charge in [0.15, 0.2) is 25.5 Å². The van der Waals surface area contributed by atoms with E-state index in [0.717, 1.165) is 19.6 Å². The Labute approximate surface area is 667 Å². The van der Waals surface area contributed by atoms with E-state index in [1.165, 1.54) is 183 Å². The van der Waals surface area contributed by atoms with Gasteiger partial charge in [-0.15, -0.1) is 0 Å². The van der Waals surface area contributed by atoms with Gasteiger partial charge in [0.05, 0.1) is 21.8 Å². The fourth-order valence-corrected chi connectivity index (χ4v) is 41.9. The second-order valence-electron chi connectivity index (χ2n) is 31.1. The van der Waals surface area contributed by atoms with Gasteiger partial charge in [-0.05, 0) is 89.5 Å². The molecule has 0 fully saturated rings. The van der Waals surface area contributed by atoms with Gasteiger partial charge in [0, 0.05) is 46.0 Å². The summed E-state index contributed by atoms with van der Waals surface area (Å²) in [6.45, 7) is 2.80. The Hall–Kier alpha value is -13.5. The van der Waals surface area contributed by atoms with Gasteiger partial charge in [0.2, 0.25) is 27.5 Å². The fourth-order valence-electron chi connectivity index (χ4n) is 20.5. The molecule has 12 aromatic carbocycles. The van der Waals surface area contributed by atoms with Gasteiger partial charge in [0.1, 0.15) is 0 Å². The molecule has 25 rings (SSSR count). The zero-order valence-electron chi connectivity index (χ0n) is 62.5. The number of nitrogens with zero attached hydrogens (tertiary/aromatic N) is 6. The normalized spacial score (nSPS) is 14.1. The van der Waals surface area contributed by atoms with Crippen molar-refractivity contribution in [2.45, 2.75) is 19.6 Å². The molecule has 0 saturated carbocycles. The predicted molar refractivity (Wildman–Crippen MR) is 470 cm³/mol. The topological polar surface area (TPSA) is 50.3 Å². The molecule has 532 valence electrons. The number of hydrogen-bond donors (Lipinski definition) is 0. The van der Waals surface area contributed by atoms with Crippen molar-refractivity contribution in [1.29, 1.82) is 0 Å². The van der Waals surface area contributed by atoms with E-state index in [1.807, 2.05) is 12.4 Å². The van der Waals surface area contributed by atoms with Crippen LogP contribution in [0.5, 0.6) is 0 Å². The molecule has 0 radical (unpaired) electrons. The zero-order valence-corrected chi connectivity index (χ0v) is 66.6. The first kappa shape index (κ1) is 66.3. The van der Waals surface area contributed by atoms with Crippen molar-refractivity contribution in [3.63, 3.8) is 0 Å². The van der Waals surface area contributed by atoms with Crippen LogP contribution in [0, 0.1) is 0 Å². The Bertz CT molecular complexity index is 6410. The van der Waals surface area contributed by atoms with Crippen LogP contribution < -0.4 is 73.2 Å². The second-order valence-corrected chi connectivity index (χ2v) is 45.9. The molecule has 0 atom stereocenters. The number of fused-ring (bicyclic) bond motifs is 7. The van der Waals surface area contributed by atoms with Gasteiger partial charge in [-0.3, -0.25) is 9.97 Å². The van der Waals surface area contributed by atoms with Crippen LogP contribution >= 0.6 is 0 Å². The van der Waals surface area contributed by atoms with Crippen LogP contribution in [-0.2, 0) is 19.6 Å². The predicted octanol–water partition coefficient (Wildman–Crippen LogP) is 13.2. The van der Waals surface area contributed by atoms with Crippen molar-refractivity contribution in [3.05, 3.63) is 424 Å². The molecule has 13 heterocycles. The summed E-state index contributed by atoms with van der Waals surface area (Å²) in [4.78, 5) is 15.6. The molecule has 0 amide bonds. The molecule has 0 aliphatic carbocycles. The smallest absolute Gasteiger partial charge is 0.215 e. The Morgan fingerprint density at radius 2 is 0.561 bits per heavy atom. The minimum absolute atomic E-state index is 0.923. The molecule has 6 aromatic heterocycles. The molecule has 0 saturated heterocycles. The van der Waals surface area contributed by atoms with Gasteiger partial charge in [0.25, 0.3) is 0 Å². The first-order chi connectivity index (χ1) is 56.5. The summed E-state index contributed by atoms with van der Waals surface area (Å²) in [5.41, 5.74) is 30.3. The van der Waals surface area contributed by atoms with E-state index in [-0.39, 0.29) is 0 Å². The first-order valence-electron chi connectivity index (χ1n) is 39.6. The van der Waals surface area contributed by atoms with Crippen LogP contribution in [0.4, 0.5) is 0 Å². The molecule has 114 heavy (non-hydrogen) atoms. The maximum Gasteiger partial charge on any atom is 0.215 e. The van der Waals surface area contributed by atoms with Crippen LogP contribution in [0.1, 0.15) is 16.7 Å². The van der Waals surface area contributed by atoms with E-state index in [1.54, 1.807) is 4.40 Å². The van der Waals surface area contributed by atoms with Crippen LogP contribution in [0.15, 0.2) is 407 Å². The molecule has 0 bridgehead atoms. The van der Waals surface area contributed by atoms with E-state index >= 15 is 0 Å². The van der Waals surface area contributed by atoms with Crippen molar-refractivity contribution < 1.29 is 13.7 Å². The second kappa shape index (κ2) is 26.3. The number of rotatable bonds is 10. The molecule has 18 aromatic rings. The summed E-state index contributed by atoms with van der Waals surface area (Å²) in [6, 6.07) is 136. The molecule has 1 spiro atoms. The Morgan fingerprint density at radius 3 is 0.974 bits per heavy atom. The van der Waals surface area contributed by atoms with E-state index in [2.05, 4.69) is 409 Å². The summed E-state index contributed by atoms with van der Waals surface area (Å²) in [7, 11) is -5.27. The largest absolute Gasteiger partial charge is 0.264 e. The summed E-state index contributed by atoms with van der Waals surface area (Å²) < 4.78 is 13.3. The van der Waals surface area contributed by atoms with Crippen molar-refractivity contribution in [2.75, 3.05) is 0 Å². The number of pyridine rings is 6. The Morgan fingerprint density at radius 1 is 0.237 bits per heavy atom. The van der Waals surface area contributed by atoms with Crippen molar-refractivity contribution in [1.82, 2.24) is 15.0 Å². The van der Waals surface area contributed by atoms with Crippen LogP contribution in [0.2, 0.25) is 0 Å². The zero-order chi connectivity index (χ0) is 75.1. The van der Waals surface area contributed by atoms with Crippen molar-refractivity contribution >= 4 is 88.9 Å². The third-order valence-electron chi connectivity index (χ3n) is 25.3. The molecule has 9 heteroatoms. The standard InChI is InChI=1S/C35H23GeN2.2C35H25N2Si/c1-3-8-23(9-4-1)25-13-15-30-28(20-25)29-21-26(24-10-5-2-6-11-24)14-16-31(29)36(30)32-12-7-19-38-22-27-17-18-37-35(36)33(27)34(32)38;1-3-10-25(11-4-1)27-14-7-16-30(22-27)38(31-17-8-15-28(23-31)26-12-5-2-6-13-26)32-18-9-21-37-24-29-19-20-36-35(38)33(29)34(32)37;1-3-8-25(9-4-1)27-13-17-30(18-14-27)38(31-19-15-28(16-20-31)26-10-5-2-6-11-26)32-12-7-23-37-24-29-21-22-36-35(38)33(29)34(32)37/h1-21H,22H2;2*1-23H,24H2/q3*+1. The van der Waals surface area contributed by atoms with Gasteiger partial charge in [-0.1, -0.05) is 218 Å². The minimum atomic E-state index is -3.26. The van der Waals surface area contributed by atoms with E-state index in [0.29, 0.717) is 0 Å². The van der Waals surface area contributed by atoms with Gasteiger partial charge in [-0.2, -0.15) is 9.13 Å². The van der Waals surface area contributed by atoms with Crippen LogP contribution in [0.3, 0.4) is 0 Å². The first-order valence-corrected chi connectivity index (χ1v) is 47.8. The average Bonchev–Trinajstić information content (AvgIpc) is 1.50. The molecule has 7 aliphatic heterocycles. The number of aromatic nitrogens is 6. The number of hydrogen-bond acceptors (Lipinski definition) is 3. The van der Waals surface area contributed by atoms with E-state index < -0.39 is 29.4 Å². The SMILES string of the molecule is c1ccc(-c2cc[c]3c(c2)-c2cc(-c4ccccc4)cc[c]2[Ge]32[c]3ccc[n+]4c3-c3c(ccn[c]32)C4)cc1.c1ccc(-c2ccc([Si]3(c4ccc(-c5ccccc5)cc4)c4ccc[n+]5c4-c4c(ccnc43)C5)cc2)cc1.c1ccc(-c2cccc([Si]3(c4cccc(-c5ccccc5)c4)c4ccc[n+]5c4-c4c(ccnc43)C5)c2)cc1. The van der Waals surface area contributed by atoms with Gasteiger partial charge in [-0.25, -0.2) is 0 Å². The summed E-state index contributed by atoms with van der Waals surface area (Å²) in [6.07, 6.45) is 12.8. The third-order valence-corrected chi connectivity index (χ3v) is 44.7. The summed E-state index contributed by atoms with van der Waals surface area (Å²) in [5.74, 6) is 0. The summed E-state index contributed by atoms with van der Waals surface area (Å²) >= 11 is -3.26. The maximum atomic E-state index is 5.23. The van der Waals surface area contributed by atoms with Gasteiger partial charge < -0.3 is 0 Å². The third kappa shape index (κ3) is 9.84. The maximum absolute atomic E-state index is 5.23. The molecule has 0 unspecified atom stereocenters. The van der Waals surface area contributed by atoms with Crippen LogP contribution in [0.25, 0.3) is 112 Å². The summed E-state index contributed by atoms with van der Waals surface area (Å²) in [5, 5.41) is 11.0. The van der Waals surface area contributed by atoms with Crippen molar-refractivity contribution in [3.8, 4) is 112 Å².